The van der Waals surface area contributed by atoms with Crippen molar-refractivity contribution in [3.63, 3.8) is 0 Å². The summed E-state index contributed by atoms with van der Waals surface area (Å²) in [6.07, 6.45) is 3.93. The molecule has 0 radical (unpaired) electrons. The number of hydrogen-bond donors (Lipinski definition) is 0. The highest BCUT2D eigenvalue weighted by Crippen LogP contribution is 2.25. The van der Waals surface area contributed by atoms with Crippen LogP contribution in [0.1, 0.15) is 18.4 Å². The van der Waals surface area contributed by atoms with Crippen molar-refractivity contribution >= 4 is 27.5 Å². The van der Waals surface area contributed by atoms with E-state index in [1.165, 1.54) is 10.5 Å². The minimum Gasteiger partial charge on any atom is -0.341 e. The second kappa shape index (κ2) is 8.37. The first-order valence-electron chi connectivity index (χ1n) is 8.77. The first kappa shape index (κ1) is 19.8. The molecule has 8 heteroatoms. The molecule has 1 amide bonds. The second-order valence-corrected chi connectivity index (χ2v) is 9.06. The van der Waals surface area contributed by atoms with Gasteiger partial charge in [-0.1, -0.05) is 23.7 Å². The molecule has 0 aliphatic carbocycles. The Kier molecular flexibility index (Phi) is 6.14. The van der Waals surface area contributed by atoms with Gasteiger partial charge in [0.1, 0.15) is 4.90 Å². The molecule has 1 fully saturated rings. The summed E-state index contributed by atoms with van der Waals surface area (Å²) in [7, 11) is -1.78. The van der Waals surface area contributed by atoms with E-state index in [0.717, 1.165) is 5.56 Å². The number of halogens is 1. The molecule has 1 aromatic carbocycles. The fourth-order valence-corrected chi connectivity index (χ4v) is 4.81. The van der Waals surface area contributed by atoms with Gasteiger partial charge in [-0.15, -0.1) is 0 Å². The lowest BCUT2D eigenvalue weighted by molar-refractivity contribution is -0.135. The van der Waals surface area contributed by atoms with E-state index in [4.69, 9.17) is 11.6 Å². The number of sulfonamides is 1. The first-order valence-corrected chi connectivity index (χ1v) is 10.6. The van der Waals surface area contributed by atoms with Crippen LogP contribution in [0.5, 0.6) is 0 Å². The molecule has 2 aromatic rings. The number of carbonyl (C=O) groups excluding carboxylic acids is 1. The first-order chi connectivity index (χ1) is 12.9. The Morgan fingerprint density at radius 2 is 1.89 bits per heavy atom. The van der Waals surface area contributed by atoms with E-state index in [0.29, 0.717) is 37.5 Å². The van der Waals surface area contributed by atoms with Crippen LogP contribution in [-0.4, -0.2) is 48.7 Å². The highest BCUT2D eigenvalue weighted by molar-refractivity contribution is 7.89. The Morgan fingerprint density at radius 1 is 1.22 bits per heavy atom. The van der Waals surface area contributed by atoms with Gasteiger partial charge in [0.2, 0.25) is 15.9 Å². The predicted molar refractivity (Wildman–Crippen MR) is 104 cm³/mol. The highest BCUT2D eigenvalue weighted by atomic mass is 35.5. The van der Waals surface area contributed by atoms with Crippen molar-refractivity contribution < 1.29 is 13.2 Å². The molecular weight excluding hydrogens is 386 g/mol. The van der Waals surface area contributed by atoms with E-state index in [2.05, 4.69) is 4.98 Å². The molecule has 0 saturated carbocycles. The van der Waals surface area contributed by atoms with Gasteiger partial charge in [-0.3, -0.25) is 9.78 Å². The van der Waals surface area contributed by atoms with Crippen LogP contribution in [0.25, 0.3) is 0 Å². The standard InChI is InChI=1S/C19H22ClN3O3S/c1-22(14-15-4-6-17(20)7-5-15)19(24)16-8-11-23(12-9-16)27(25,26)18-3-2-10-21-13-18/h2-7,10,13,16H,8-9,11-12,14H2,1H3. The summed E-state index contributed by atoms with van der Waals surface area (Å²) in [5, 5.41) is 0.662. The van der Waals surface area contributed by atoms with Crippen molar-refractivity contribution in [3.05, 3.63) is 59.4 Å². The normalized spacial score (nSPS) is 16.2. The Labute approximate surface area is 164 Å². The highest BCUT2D eigenvalue weighted by Gasteiger charge is 2.33. The molecule has 2 heterocycles. The van der Waals surface area contributed by atoms with Crippen molar-refractivity contribution in [2.24, 2.45) is 5.92 Å². The summed E-state index contributed by atoms with van der Waals surface area (Å²) in [5.41, 5.74) is 1.01. The second-order valence-electron chi connectivity index (χ2n) is 6.69. The van der Waals surface area contributed by atoms with Gasteiger partial charge in [0.25, 0.3) is 0 Å². The third-order valence-corrected chi connectivity index (χ3v) is 6.92. The molecule has 1 aliphatic rings. The molecule has 1 aliphatic heterocycles. The van der Waals surface area contributed by atoms with Crippen LogP contribution in [0.4, 0.5) is 0 Å². The van der Waals surface area contributed by atoms with Gasteiger partial charge in [0.05, 0.1) is 0 Å². The van der Waals surface area contributed by atoms with Crippen LogP contribution in [0, 0.1) is 5.92 Å². The third kappa shape index (κ3) is 4.66. The van der Waals surface area contributed by atoms with Gasteiger partial charge in [0, 0.05) is 50.0 Å². The summed E-state index contributed by atoms with van der Waals surface area (Å²) in [5.74, 6) is -0.119. The van der Waals surface area contributed by atoms with Gasteiger partial charge >= 0.3 is 0 Å². The van der Waals surface area contributed by atoms with Crippen molar-refractivity contribution in [2.75, 3.05) is 20.1 Å². The fourth-order valence-electron chi connectivity index (χ4n) is 3.25. The lowest BCUT2D eigenvalue weighted by Gasteiger charge is -2.32. The van der Waals surface area contributed by atoms with Gasteiger partial charge in [0.15, 0.2) is 0 Å². The lowest BCUT2D eigenvalue weighted by atomic mass is 9.96. The summed E-state index contributed by atoms with van der Waals surface area (Å²) >= 11 is 5.89. The summed E-state index contributed by atoms with van der Waals surface area (Å²) < 4.78 is 26.7. The van der Waals surface area contributed by atoms with Crippen molar-refractivity contribution in [1.29, 1.82) is 0 Å². The SMILES string of the molecule is CN(Cc1ccc(Cl)cc1)C(=O)C1CCN(S(=O)(=O)c2cccnc2)CC1. The van der Waals surface area contributed by atoms with Crippen molar-refractivity contribution in [2.45, 2.75) is 24.3 Å². The Bertz CT molecular complexity index is 880. The van der Waals surface area contributed by atoms with E-state index in [9.17, 15) is 13.2 Å². The van der Waals surface area contributed by atoms with Gasteiger partial charge in [-0.2, -0.15) is 4.31 Å². The lowest BCUT2D eigenvalue weighted by Crippen LogP contribution is -2.43. The third-order valence-electron chi connectivity index (χ3n) is 4.78. The molecule has 0 N–H and O–H groups in total. The largest absolute Gasteiger partial charge is 0.341 e. The van der Waals surface area contributed by atoms with Crippen LogP contribution >= 0.6 is 11.6 Å². The van der Waals surface area contributed by atoms with Crippen LogP contribution in [0.2, 0.25) is 5.02 Å². The Morgan fingerprint density at radius 3 is 2.48 bits per heavy atom. The van der Waals surface area contributed by atoms with Crippen molar-refractivity contribution in [3.8, 4) is 0 Å². The minimum absolute atomic E-state index is 0.0448. The fraction of sp³-hybridized carbons (Fsp3) is 0.368. The molecule has 0 bridgehead atoms. The molecule has 6 nitrogen and oxygen atoms in total. The molecule has 0 spiro atoms. The number of amides is 1. The number of aromatic nitrogens is 1. The monoisotopic (exact) mass is 407 g/mol. The zero-order valence-corrected chi connectivity index (χ0v) is 16.7. The Hall–Kier alpha value is -1.96. The van der Waals surface area contributed by atoms with Gasteiger partial charge in [-0.25, -0.2) is 8.42 Å². The number of hydrogen-bond acceptors (Lipinski definition) is 4. The molecule has 0 unspecified atom stereocenters. The Balaban J connectivity index is 1.58. The zero-order chi connectivity index (χ0) is 19.4. The van der Waals surface area contributed by atoms with Gasteiger partial charge in [-0.05, 0) is 42.7 Å². The maximum atomic E-state index is 12.7. The van der Waals surface area contributed by atoms with E-state index in [-0.39, 0.29) is 16.7 Å². The number of rotatable bonds is 5. The molecule has 3 rings (SSSR count). The van der Waals surface area contributed by atoms with Crippen LogP contribution in [-0.2, 0) is 21.4 Å². The predicted octanol–water partition coefficient (Wildman–Crippen LogP) is 2.79. The number of benzene rings is 1. The number of pyridine rings is 1. The van der Waals surface area contributed by atoms with Crippen LogP contribution in [0.15, 0.2) is 53.7 Å². The smallest absolute Gasteiger partial charge is 0.244 e. The molecule has 0 atom stereocenters. The number of piperidine rings is 1. The van der Waals surface area contributed by atoms with Gasteiger partial charge < -0.3 is 4.90 Å². The van der Waals surface area contributed by atoms with Crippen LogP contribution in [0.3, 0.4) is 0 Å². The van der Waals surface area contributed by atoms with E-state index in [1.807, 2.05) is 12.1 Å². The molecule has 144 valence electrons. The number of nitrogens with zero attached hydrogens (tertiary/aromatic N) is 3. The van der Waals surface area contributed by atoms with Crippen LogP contribution < -0.4 is 0 Å². The summed E-state index contributed by atoms with van der Waals surface area (Å²) in [4.78, 5) is 18.5. The quantitative estimate of drug-likeness (QED) is 0.764. The maximum absolute atomic E-state index is 12.7. The minimum atomic E-state index is -3.55. The average Bonchev–Trinajstić information content (AvgIpc) is 2.70. The zero-order valence-electron chi connectivity index (χ0n) is 15.1. The van der Waals surface area contributed by atoms with E-state index >= 15 is 0 Å². The van der Waals surface area contributed by atoms with E-state index in [1.54, 1.807) is 42.4 Å². The molecule has 1 saturated heterocycles. The molecular formula is C19H22ClN3O3S. The maximum Gasteiger partial charge on any atom is 0.244 e. The van der Waals surface area contributed by atoms with Crippen molar-refractivity contribution in [1.82, 2.24) is 14.2 Å². The number of carbonyl (C=O) groups is 1. The van der Waals surface area contributed by atoms with E-state index < -0.39 is 10.0 Å². The molecule has 27 heavy (non-hydrogen) atoms. The summed E-state index contributed by atoms with van der Waals surface area (Å²) in [6.45, 7) is 1.18. The topological polar surface area (TPSA) is 70.6 Å². The summed E-state index contributed by atoms with van der Waals surface area (Å²) in [6, 6.07) is 10.5. The average molecular weight is 408 g/mol. The molecule has 1 aromatic heterocycles.